The van der Waals surface area contributed by atoms with E-state index in [0.29, 0.717) is 12.8 Å². The second kappa shape index (κ2) is 6.20. The maximum absolute atomic E-state index is 12.2. The lowest BCUT2D eigenvalue weighted by Gasteiger charge is -2.15. The number of alkyl halides is 6. The van der Waals surface area contributed by atoms with Gasteiger partial charge >= 0.3 is 12.4 Å². The van der Waals surface area contributed by atoms with Gasteiger partial charge in [-0.2, -0.15) is 36.3 Å². The number of nitrogens with zero attached hydrogens (tertiary/aromatic N) is 2. The molecule has 1 heterocycles. The molecule has 0 atom stereocenters. The van der Waals surface area contributed by atoms with E-state index < -0.39 is 42.9 Å². The summed E-state index contributed by atoms with van der Waals surface area (Å²) in [6.07, 6.45) is -8.13. The van der Waals surface area contributed by atoms with Crippen LogP contribution in [-0.4, -0.2) is 41.8 Å². The Bertz CT molecular complexity index is 544. The van der Waals surface area contributed by atoms with Crippen molar-refractivity contribution >= 4 is 6.29 Å². The average molecular weight is 344 g/mol. The third-order valence-electron chi connectivity index (χ3n) is 2.70. The van der Waals surface area contributed by atoms with Gasteiger partial charge in [-0.15, -0.1) is 0 Å². The molecular formula is C12H10F6N2O3. The first kappa shape index (κ1) is 17.3. The smallest absolute Gasteiger partial charge is 0.422 e. The minimum absolute atomic E-state index is 0.00586. The zero-order valence-electron chi connectivity index (χ0n) is 11.4. The van der Waals surface area contributed by atoms with Crippen LogP contribution in [0.3, 0.4) is 0 Å². The Balaban J connectivity index is 2.30. The molecule has 5 nitrogen and oxygen atoms in total. The molecule has 1 aliphatic carbocycles. The Morgan fingerprint density at radius 2 is 1.39 bits per heavy atom. The highest BCUT2D eigenvalue weighted by atomic mass is 19.4. The summed E-state index contributed by atoms with van der Waals surface area (Å²) in [5.74, 6) is -1.69. The maximum Gasteiger partial charge on any atom is 0.422 e. The lowest BCUT2D eigenvalue weighted by molar-refractivity contribution is -0.154. The molecule has 0 unspecified atom stereocenters. The SMILES string of the molecule is O=Cc1c(OCC(F)(F)F)nc(C2CC2)nc1OCC(F)(F)F. The van der Waals surface area contributed by atoms with Crippen LogP contribution in [0.4, 0.5) is 26.3 Å². The van der Waals surface area contributed by atoms with Crippen molar-refractivity contribution in [2.24, 2.45) is 0 Å². The van der Waals surface area contributed by atoms with Crippen LogP contribution < -0.4 is 9.47 Å². The fourth-order valence-corrected chi connectivity index (χ4v) is 1.59. The van der Waals surface area contributed by atoms with Gasteiger partial charge in [-0.3, -0.25) is 4.79 Å². The zero-order valence-corrected chi connectivity index (χ0v) is 11.4. The standard InChI is InChI=1S/C12H10F6N2O3/c13-11(14,15)4-22-9-7(3-21)10(23-5-12(16,17)18)20-8(19-9)6-1-2-6/h3,6H,1-2,4-5H2. The highest BCUT2D eigenvalue weighted by Gasteiger charge is 2.34. The van der Waals surface area contributed by atoms with Gasteiger partial charge < -0.3 is 9.47 Å². The Morgan fingerprint density at radius 3 is 1.70 bits per heavy atom. The van der Waals surface area contributed by atoms with Gasteiger partial charge in [0, 0.05) is 5.92 Å². The number of carbonyl (C=O) groups is 1. The van der Waals surface area contributed by atoms with Gasteiger partial charge in [-0.25, -0.2) is 0 Å². The van der Waals surface area contributed by atoms with Crippen molar-refractivity contribution in [3.8, 4) is 11.8 Å². The molecule has 0 saturated heterocycles. The summed E-state index contributed by atoms with van der Waals surface area (Å²) < 4.78 is 82.1. The average Bonchev–Trinajstić information content (AvgIpc) is 3.25. The van der Waals surface area contributed by atoms with E-state index in [4.69, 9.17) is 0 Å². The number of halogens is 6. The van der Waals surface area contributed by atoms with E-state index in [-0.39, 0.29) is 18.0 Å². The van der Waals surface area contributed by atoms with Crippen molar-refractivity contribution in [2.45, 2.75) is 31.1 Å². The van der Waals surface area contributed by atoms with Gasteiger partial charge in [0.2, 0.25) is 11.8 Å². The summed E-state index contributed by atoms with van der Waals surface area (Å²) in [4.78, 5) is 18.4. The Kier molecular flexibility index (Phi) is 4.66. The van der Waals surface area contributed by atoms with Gasteiger partial charge in [0.25, 0.3) is 0 Å². The molecule has 1 saturated carbocycles. The number of aromatic nitrogens is 2. The van der Waals surface area contributed by atoms with Gasteiger partial charge in [-0.1, -0.05) is 0 Å². The van der Waals surface area contributed by atoms with Crippen LogP contribution in [0.5, 0.6) is 11.8 Å². The fraction of sp³-hybridized carbons (Fsp3) is 0.583. The summed E-state index contributed by atoms with van der Waals surface area (Å²) in [7, 11) is 0. The van der Waals surface area contributed by atoms with Crippen molar-refractivity contribution in [3.05, 3.63) is 11.4 Å². The molecule has 2 rings (SSSR count). The lowest BCUT2D eigenvalue weighted by atomic mass is 10.3. The van der Waals surface area contributed by atoms with Crippen molar-refractivity contribution < 1.29 is 40.6 Å². The first-order valence-corrected chi connectivity index (χ1v) is 6.35. The normalized spacial score (nSPS) is 15.4. The summed E-state index contributed by atoms with van der Waals surface area (Å²) in [5, 5.41) is 0. The van der Waals surface area contributed by atoms with Gasteiger partial charge in [0.05, 0.1) is 0 Å². The van der Waals surface area contributed by atoms with Crippen LogP contribution in [0.2, 0.25) is 0 Å². The molecule has 0 aromatic carbocycles. The Hall–Kier alpha value is -2.07. The summed E-state index contributed by atoms with van der Waals surface area (Å²) in [5.41, 5.74) is -0.692. The predicted octanol–water partition coefficient (Wildman–Crippen LogP) is 3.05. The Labute approximate surface area is 125 Å². The highest BCUT2D eigenvalue weighted by molar-refractivity contribution is 5.81. The molecule has 23 heavy (non-hydrogen) atoms. The van der Waals surface area contributed by atoms with E-state index in [1.54, 1.807) is 0 Å². The van der Waals surface area contributed by atoms with Crippen LogP contribution in [0, 0.1) is 0 Å². The third kappa shape index (κ3) is 5.25. The maximum atomic E-state index is 12.2. The molecule has 1 fully saturated rings. The molecule has 128 valence electrons. The largest absolute Gasteiger partial charge is 0.467 e. The molecular weight excluding hydrogens is 334 g/mol. The van der Waals surface area contributed by atoms with E-state index in [1.807, 2.05) is 0 Å². The zero-order chi connectivity index (χ0) is 17.3. The monoisotopic (exact) mass is 344 g/mol. The van der Waals surface area contributed by atoms with Gasteiger partial charge in [0.1, 0.15) is 11.4 Å². The van der Waals surface area contributed by atoms with E-state index in [0.717, 1.165) is 0 Å². The Morgan fingerprint density at radius 1 is 0.957 bits per heavy atom. The van der Waals surface area contributed by atoms with Crippen molar-refractivity contribution in [1.82, 2.24) is 9.97 Å². The minimum Gasteiger partial charge on any atom is -0.467 e. The molecule has 0 spiro atoms. The second-order valence-corrected chi connectivity index (χ2v) is 4.81. The van der Waals surface area contributed by atoms with Crippen LogP contribution >= 0.6 is 0 Å². The molecule has 0 amide bonds. The molecule has 1 aromatic heterocycles. The van der Waals surface area contributed by atoms with E-state index in [1.165, 1.54) is 0 Å². The molecule has 0 bridgehead atoms. The molecule has 0 aliphatic heterocycles. The van der Waals surface area contributed by atoms with Crippen molar-refractivity contribution in [3.63, 3.8) is 0 Å². The third-order valence-corrected chi connectivity index (χ3v) is 2.70. The molecule has 0 N–H and O–H groups in total. The number of rotatable bonds is 6. The molecule has 1 aromatic rings. The van der Waals surface area contributed by atoms with Gasteiger partial charge in [-0.05, 0) is 12.8 Å². The first-order valence-electron chi connectivity index (χ1n) is 6.35. The summed E-state index contributed by atoms with van der Waals surface area (Å²) in [6.45, 7) is -3.48. The van der Waals surface area contributed by atoms with Crippen LogP contribution in [0.15, 0.2) is 0 Å². The molecule has 1 aliphatic rings. The quantitative estimate of drug-likeness (QED) is 0.586. The number of aldehydes is 1. The van der Waals surface area contributed by atoms with E-state index in [9.17, 15) is 31.1 Å². The number of hydrogen-bond donors (Lipinski definition) is 0. The van der Waals surface area contributed by atoms with E-state index in [2.05, 4.69) is 19.4 Å². The highest BCUT2D eigenvalue weighted by Crippen LogP contribution is 2.40. The predicted molar refractivity (Wildman–Crippen MR) is 62.5 cm³/mol. The first-order chi connectivity index (χ1) is 10.6. The van der Waals surface area contributed by atoms with Crippen molar-refractivity contribution in [1.29, 1.82) is 0 Å². The van der Waals surface area contributed by atoms with Crippen LogP contribution in [0.1, 0.15) is 34.9 Å². The molecule has 11 heteroatoms. The second-order valence-electron chi connectivity index (χ2n) is 4.81. The minimum atomic E-state index is -4.70. The van der Waals surface area contributed by atoms with Crippen LogP contribution in [-0.2, 0) is 0 Å². The van der Waals surface area contributed by atoms with Crippen molar-refractivity contribution in [2.75, 3.05) is 13.2 Å². The molecule has 0 radical (unpaired) electrons. The number of ether oxygens (including phenoxy) is 2. The summed E-state index contributed by atoms with van der Waals surface area (Å²) in [6, 6.07) is 0. The fourth-order valence-electron chi connectivity index (χ4n) is 1.59. The lowest BCUT2D eigenvalue weighted by Crippen LogP contribution is -2.22. The van der Waals surface area contributed by atoms with E-state index >= 15 is 0 Å². The number of hydrogen-bond acceptors (Lipinski definition) is 5. The summed E-state index contributed by atoms with van der Waals surface area (Å²) >= 11 is 0. The van der Waals surface area contributed by atoms with Crippen LogP contribution in [0.25, 0.3) is 0 Å². The van der Waals surface area contributed by atoms with Gasteiger partial charge in [0.15, 0.2) is 19.5 Å². The topological polar surface area (TPSA) is 61.3 Å². The number of carbonyl (C=O) groups excluding carboxylic acids is 1.